The Hall–Kier alpha value is -2.91. The number of quaternary nitrogens is 1. The maximum atomic E-state index is 12.4. The fourth-order valence-electron chi connectivity index (χ4n) is 7.57. The second kappa shape index (κ2) is 12.8. The van der Waals surface area contributed by atoms with Crippen LogP contribution in [0.4, 0.5) is 0 Å². The van der Waals surface area contributed by atoms with Crippen LogP contribution in [0.2, 0.25) is 0 Å². The summed E-state index contributed by atoms with van der Waals surface area (Å²) in [4.78, 5) is 0. The lowest BCUT2D eigenvalue weighted by atomic mass is 9.71. The topological polar surface area (TPSA) is 51.8 Å². The molecule has 3 aliphatic rings. The molecule has 44 heavy (non-hydrogen) atoms. The predicted molar refractivity (Wildman–Crippen MR) is 180 cm³/mol. The molecule has 0 saturated carbocycles. The number of nitrogens with zero attached hydrogens (tertiary/aromatic N) is 2. The molecule has 230 valence electrons. The van der Waals surface area contributed by atoms with E-state index in [1.165, 1.54) is 5.56 Å². The number of fused-ring (bicyclic) bond motifs is 4. The maximum Gasteiger partial charge on any atom is 0.213 e. The fraction of sp³-hybridized carbons (Fsp3) is 0.361. The predicted octanol–water partition coefficient (Wildman–Crippen LogP) is 7.37. The molecule has 3 aliphatic heterocycles. The lowest BCUT2D eigenvalue weighted by molar-refractivity contribution is -0.985. The molecular formula is C36H40Br2N2O4+2. The van der Waals surface area contributed by atoms with Crippen molar-refractivity contribution in [2.45, 2.75) is 38.1 Å². The Balaban J connectivity index is 1.42. The van der Waals surface area contributed by atoms with Gasteiger partial charge in [0, 0.05) is 56.5 Å². The molecule has 0 amide bonds. The van der Waals surface area contributed by atoms with Crippen molar-refractivity contribution in [3.8, 4) is 17.2 Å². The summed E-state index contributed by atoms with van der Waals surface area (Å²) in [6, 6.07) is 20.5. The number of hydrogen-bond donors (Lipinski definition) is 1. The van der Waals surface area contributed by atoms with E-state index < -0.39 is 6.10 Å². The SMILES string of the molecule is C=CC1C[N+]2(Cc3cc(OC)ccc3Br)CCC1CC2C(O)c1cc[n+](Cc2cc(OC)ccc2Br)c2ccc(OC)cc12. The smallest absolute Gasteiger partial charge is 0.213 e. The summed E-state index contributed by atoms with van der Waals surface area (Å²) in [6.07, 6.45) is 5.69. The van der Waals surface area contributed by atoms with Crippen molar-refractivity contribution >= 4 is 42.8 Å². The van der Waals surface area contributed by atoms with Crippen molar-refractivity contribution in [3.05, 3.63) is 105 Å². The standard InChI is InChI=1S/C36H40Br2N2O4/c1-5-23-21-40(22-26-17-28(43-3)7-10-33(26)38)15-13-24(23)18-35(40)36(41)30-12-14-39(34-11-8-29(44-4)19-31(30)34)20-25-16-27(42-2)6-9-32(25)37/h5-12,14,16-17,19,23-24,35-36,41H,1,13,15,18,20-22H2,2-4H3/q+2. The molecule has 7 rings (SSSR count). The number of piperidine rings is 3. The number of pyridine rings is 1. The van der Waals surface area contributed by atoms with Gasteiger partial charge in [-0.2, -0.15) is 4.57 Å². The number of ether oxygens (including phenoxy) is 3. The first kappa shape index (κ1) is 31.1. The minimum Gasteiger partial charge on any atom is -0.497 e. The molecule has 2 bridgehead atoms. The van der Waals surface area contributed by atoms with Gasteiger partial charge in [-0.1, -0.05) is 37.9 Å². The number of benzene rings is 3. The highest BCUT2D eigenvalue weighted by molar-refractivity contribution is 9.10. The van der Waals surface area contributed by atoms with Crippen molar-refractivity contribution in [3.63, 3.8) is 0 Å². The first-order chi connectivity index (χ1) is 21.3. The molecule has 8 heteroatoms. The number of methoxy groups -OCH3 is 3. The molecule has 3 fully saturated rings. The highest BCUT2D eigenvalue weighted by atomic mass is 79.9. The van der Waals surface area contributed by atoms with E-state index in [-0.39, 0.29) is 6.04 Å². The zero-order valence-electron chi connectivity index (χ0n) is 25.5. The van der Waals surface area contributed by atoms with Gasteiger partial charge in [0.15, 0.2) is 12.7 Å². The van der Waals surface area contributed by atoms with Gasteiger partial charge < -0.3 is 23.8 Å². The maximum absolute atomic E-state index is 12.4. The summed E-state index contributed by atoms with van der Waals surface area (Å²) < 4.78 is 21.9. The first-order valence-electron chi connectivity index (χ1n) is 15.1. The Morgan fingerprint density at radius 3 is 2.25 bits per heavy atom. The van der Waals surface area contributed by atoms with Crippen LogP contribution < -0.4 is 18.8 Å². The number of aliphatic hydroxyl groups is 1. The van der Waals surface area contributed by atoms with Gasteiger partial charge in [-0.15, -0.1) is 6.58 Å². The third-order valence-electron chi connectivity index (χ3n) is 9.95. The number of hydrogen-bond acceptors (Lipinski definition) is 4. The Morgan fingerprint density at radius 2 is 1.57 bits per heavy atom. The van der Waals surface area contributed by atoms with Crippen molar-refractivity contribution in [1.29, 1.82) is 0 Å². The van der Waals surface area contributed by atoms with Gasteiger partial charge in [-0.3, -0.25) is 0 Å². The molecule has 6 nitrogen and oxygen atoms in total. The van der Waals surface area contributed by atoms with Gasteiger partial charge in [0.2, 0.25) is 5.52 Å². The molecule has 3 saturated heterocycles. The summed E-state index contributed by atoms with van der Waals surface area (Å²) in [5.41, 5.74) is 4.29. The molecule has 0 aliphatic carbocycles. The molecule has 5 unspecified atom stereocenters. The quantitative estimate of drug-likeness (QED) is 0.106. The van der Waals surface area contributed by atoms with Crippen molar-refractivity contribution in [1.82, 2.24) is 0 Å². The largest absolute Gasteiger partial charge is 0.497 e. The van der Waals surface area contributed by atoms with E-state index in [1.807, 2.05) is 24.3 Å². The van der Waals surface area contributed by atoms with E-state index in [1.54, 1.807) is 21.3 Å². The van der Waals surface area contributed by atoms with Crippen LogP contribution in [0, 0.1) is 11.8 Å². The van der Waals surface area contributed by atoms with Gasteiger partial charge in [0.1, 0.15) is 35.9 Å². The molecule has 4 heterocycles. The molecule has 1 aromatic heterocycles. The van der Waals surface area contributed by atoms with E-state index in [4.69, 9.17) is 14.2 Å². The summed E-state index contributed by atoms with van der Waals surface area (Å²) in [7, 11) is 5.08. The summed E-state index contributed by atoms with van der Waals surface area (Å²) in [6.45, 7) is 7.66. The van der Waals surface area contributed by atoms with Crippen LogP contribution in [-0.4, -0.2) is 50.1 Å². The van der Waals surface area contributed by atoms with E-state index in [0.29, 0.717) is 18.4 Å². The van der Waals surface area contributed by atoms with Crippen LogP contribution in [0.25, 0.3) is 10.9 Å². The van der Waals surface area contributed by atoms with Gasteiger partial charge >= 0.3 is 0 Å². The lowest BCUT2D eigenvalue weighted by Gasteiger charge is -2.58. The van der Waals surface area contributed by atoms with E-state index >= 15 is 0 Å². The van der Waals surface area contributed by atoms with Crippen LogP contribution in [0.3, 0.4) is 0 Å². The van der Waals surface area contributed by atoms with Gasteiger partial charge in [-0.25, -0.2) is 0 Å². The molecule has 0 spiro atoms. The number of rotatable bonds is 10. The molecule has 4 aromatic rings. The average molecular weight is 725 g/mol. The normalized spacial score (nSPS) is 23.4. The van der Waals surface area contributed by atoms with Crippen LogP contribution in [0.15, 0.2) is 88.5 Å². The first-order valence-corrected chi connectivity index (χ1v) is 16.7. The number of aliphatic hydroxyl groups excluding tert-OH is 1. The highest BCUT2D eigenvalue weighted by Gasteiger charge is 2.54. The third kappa shape index (κ3) is 5.78. The minimum absolute atomic E-state index is 0.0424. The van der Waals surface area contributed by atoms with Crippen molar-refractivity contribution in [2.75, 3.05) is 34.4 Å². The van der Waals surface area contributed by atoms with Crippen molar-refractivity contribution < 1.29 is 28.4 Å². The Morgan fingerprint density at radius 1 is 0.932 bits per heavy atom. The molecule has 1 N–H and O–H groups in total. The van der Waals surface area contributed by atoms with Gasteiger partial charge in [0.25, 0.3) is 0 Å². The summed E-state index contributed by atoms with van der Waals surface area (Å²) >= 11 is 7.53. The fourth-order valence-corrected chi connectivity index (χ4v) is 8.31. The van der Waals surface area contributed by atoms with Crippen LogP contribution in [-0.2, 0) is 13.1 Å². The molecular weight excluding hydrogens is 684 g/mol. The molecule has 5 atom stereocenters. The van der Waals surface area contributed by atoms with Gasteiger partial charge in [0.05, 0.1) is 39.8 Å². The zero-order valence-corrected chi connectivity index (χ0v) is 28.7. The third-order valence-corrected chi connectivity index (χ3v) is 11.5. The number of halogens is 2. The summed E-state index contributed by atoms with van der Waals surface area (Å²) in [5, 5.41) is 13.4. The van der Waals surface area contributed by atoms with E-state index in [0.717, 1.165) is 85.2 Å². The van der Waals surface area contributed by atoms with E-state index in [9.17, 15) is 5.11 Å². The van der Waals surface area contributed by atoms with Crippen LogP contribution >= 0.6 is 31.9 Å². The Bertz CT molecular complexity index is 1690. The van der Waals surface area contributed by atoms with Gasteiger partial charge in [-0.05, 0) is 54.4 Å². The Kier molecular flexibility index (Phi) is 9.07. The minimum atomic E-state index is -0.652. The summed E-state index contributed by atoms with van der Waals surface area (Å²) in [5.74, 6) is 3.40. The Labute approximate surface area is 276 Å². The van der Waals surface area contributed by atoms with Crippen molar-refractivity contribution in [2.24, 2.45) is 11.8 Å². The van der Waals surface area contributed by atoms with Crippen LogP contribution in [0.1, 0.15) is 35.6 Å². The zero-order chi connectivity index (χ0) is 31.0. The lowest BCUT2D eigenvalue weighted by Crippen LogP contribution is -2.67. The monoisotopic (exact) mass is 722 g/mol. The average Bonchev–Trinajstić information content (AvgIpc) is 3.06. The molecule has 0 radical (unpaired) electrons. The second-order valence-electron chi connectivity index (χ2n) is 12.2. The second-order valence-corrected chi connectivity index (χ2v) is 13.9. The highest BCUT2D eigenvalue weighted by Crippen LogP contribution is 2.48. The van der Waals surface area contributed by atoms with Crippen LogP contribution in [0.5, 0.6) is 17.2 Å². The molecule has 3 aromatic carbocycles. The number of aromatic nitrogens is 1. The van der Waals surface area contributed by atoms with E-state index in [2.05, 4.69) is 91.7 Å².